The van der Waals surface area contributed by atoms with E-state index in [9.17, 15) is 4.79 Å². The third-order valence-electron chi connectivity index (χ3n) is 2.58. The second kappa shape index (κ2) is 4.93. The summed E-state index contributed by atoms with van der Waals surface area (Å²) in [6, 6.07) is 1.82. The summed E-state index contributed by atoms with van der Waals surface area (Å²) in [6.07, 6.45) is 1.70. The molecule has 0 radical (unpaired) electrons. The highest BCUT2D eigenvalue weighted by atomic mass is 79.9. The van der Waals surface area contributed by atoms with Crippen LogP contribution in [0, 0.1) is 6.92 Å². The van der Waals surface area contributed by atoms with Crippen molar-refractivity contribution in [3.05, 3.63) is 28.0 Å². The number of carbonyl (C=O) groups is 1. The second-order valence-corrected chi connectivity index (χ2v) is 4.61. The van der Waals surface area contributed by atoms with E-state index in [0.717, 1.165) is 10.2 Å². The second-order valence-electron chi connectivity index (χ2n) is 3.69. The third-order valence-corrected chi connectivity index (χ3v) is 3.02. The van der Waals surface area contributed by atoms with Crippen LogP contribution in [0.25, 0.3) is 0 Å². The SMILES string of the molecule is Cc1ncc(Br)cc1C(=O)N1CCOCC1. The zero-order valence-electron chi connectivity index (χ0n) is 9.07. The number of carbonyl (C=O) groups excluding carboxylic acids is 1. The molecule has 1 aromatic rings. The molecule has 16 heavy (non-hydrogen) atoms. The van der Waals surface area contributed by atoms with Crippen LogP contribution in [0.5, 0.6) is 0 Å². The molecule has 2 heterocycles. The van der Waals surface area contributed by atoms with Crippen molar-refractivity contribution in [1.29, 1.82) is 0 Å². The predicted molar refractivity (Wildman–Crippen MR) is 63.4 cm³/mol. The first kappa shape index (κ1) is 11.5. The van der Waals surface area contributed by atoms with E-state index in [0.29, 0.717) is 31.9 Å². The molecule has 0 atom stereocenters. The first-order chi connectivity index (χ1) is 7.68. The van der Waals surface area contributed by atoms with Crippen molar-refractivity contribution in [1.82, 2.24) is 9.88 Å². The number of hydrogen-bond acceptors (Lipinski definition) is 3. The molecule has 1 amide bonds. The predicted octanol–water partition coefficient (Wildman–Crippen LogP) is 1.62. The van der Waals surface area contributed by atoms with Gasteiger partial charge in [-0.05, 0) is 28.9 Å². The van der Waals surface area contributed by atoms with Gasteiger partial charge in [-0.15, -0.1) is 0 Å². The number of pyridine rings is 1. The van der Waals surface area contributed by atoms with E-state index in [2.05, 4.69) is 20.9 Å². The Balaban J connectivity index is 2.22. The van der Waals surface area contributed by atoms with Crippen LogP contribution in [0.15, 0.2) is 16.7 Å². The zero-order chi connectivity index (χ0) is 11.5. The van der Waals surface area contributed by atoms with E-state index in [4.69, 9.17) is 4.74 Å². The van der Waals surface area contributed by atoms with E-state index < -0.39 is 0 Å². The van der Waals surface area contributed by atoms with Crippen LogP contribution in [0.2, 0.25) is 0 Å². The highest BCUT2D eigenvalue weighted by Crippen LogP contribution is 2.16. The summed E-state index contributed by atoms with van der Waals surface area (Å²) in [4.78, 5) is 18.2. The zero-order valence-corrected chi connectivity index (χ0v) is 10.7. The molecule has 0 unspecified atom stereocenters. The van der Waals surface area contributed by atoms with Crippen molar-refractivity contribution >= 4 is 21.8 Å². The fourth-order valence-electron chi connectivity index (χ4n) is 1.66. The molecule has 4 nitrogen and oxygen atoms in total. The molecule has 1 fully saturated rings. The van der Waals surface area contributed by atoms with Gasteiger partial charge in [0.15, 0.2) is 0 Å². The smallest absolute Gasteiger partial charge is 0.255 e. The molecule has 1 aliphatic rings. The molecule has 86 valence electrons. The Morgan fingerprint density at radius 2 is 2.19 bits per heavy atom. The number of morpholine rings is 1. The first-order valence-corrected chi connectivity index (χ1v) is 5.97. The maximum Gasteiger partial charge on any atom is 0.255 e. The Hall–Kier alpha value is -0.940. The van der Waals surface area contributed by atoms with Crippen LogP contribution in [0.3, 0.4) is 0 Å². The maximum absolute atomic E-state index is 12.2. The number of hydrogen-bond donors (Lipinski definition) is 0. The molecule has 0 aliphatic carbocycles. The van der Waals surface area contributed by atoms with Gasteiger partial charge in [0.2, 0.25) is 0 Å². The summed E-state index contributed by atoms with van der Waals surface area (Å²) >= 11 is 3.33. The number of amides is 1. The molecule has 0 N–H and O–H groups in total. The molecule has 0 spiro atoms. The van der Waals surface area contributed by atoms with Crippen molar-refractivity contribution in [2.75, 3.05) is 26.3 Å². The Labute approximate surface area is 103 Å². The van der Waals surface area contributed by atoms with Gasteiger partial charge in [-0.2, -0.15) is 0 Å². The topological polar surface area (TPSA) is 42.4 Å². The molecule has 0 aromatic carbocycles. The molecular weight excluding hydrogens is 272 g/mol. The van der Waals surface area contributed by atoms with Gasteiger partial charge >= 0.3 is 0 Å². The largest absolute Gasteiger partial charge is 0.378 e. The number of nitrogens with zero attached hydrogens (tertiary/aromatic N) is 2. The van der Waals surface area contributed by atoms with E-state index in [1.165, 1.54) is 0 Å². The van der Waals surface area contributed by atoms with Crippen LogP contribution in [0.1, 0.15) is 16.1 Å². The molecular formula is C11H13BrN2O2. The highest BCUT2D eigenvalue weighted by molar-refractivity contribution is 9.10. The van der Waals surface area contributed by atoms with Gasteiger partial charge in [-0.1, -0.05) is 0 Å². The Morgan fingerprint density at radius 1 is 1.50 bits per heavy atom. The third kappa shape index (κ3) is 2.41. The average molecular weight is 285 g/mol. The fraction of sp³-hybridized carbons (Fsp3) is 0.455. The van der Waals surface area contributed by atoms with Gasteiger partial charge in [0.25, 0.3) is 5.91 Å². The first-order valence-electron chi connectivity index (χ1n) is 5.17. The van der Waals surface area contributed by atoms with E-state index in [1.54, 1.807) is 11.1 Å². The molecule has 0 saturated carbocycles. The average Bonchev–Trinajstić information content (AvgIpc) is 2.32. The van der Waals surface area contributed by atoms with Crippen molar-refractivity contribution in [2.45, 2.75) is 6.92 Å². The molecule has 0 bridgehead atoms. The van der Waals surface area contributed by atoms with Gasteiger partial charge < -0.3 is 9.64 Å². The van der Waals surface area contributed by atoms with Gasteiger partial charge in [0.1, 0.15) is 0 Å². The molecule has 1 saturated heterocycles. The Kier molecular flexibility index (Phi) is 3.56. The number of aryl methyl sites for hydroxylation is 1. The lowest BCUT2D eigenvalue weighted by atomic mass is 10.1. The van der Waals surface area contributed by atoms with Crippen LogP contribution < -0.4 is 0 Å². The van der Waals surface area contributed by atoms with Crippen LogP contribution in [0.4, 0.5) is 0 Å². The number of rotatable bonds is 1. The standard InChI is InChI=1S/C11H13BrN2O2/c1-8-10(6-9(12)7-13-8)11(15)14-2-4-16-5-3-14/h6-7H,2-5H2,1H3. The van der Waals surface area contributed by atoms with Crippen LogP contribution in [-0.4, -0.2) is 42.1 Å². The summed E-state index contributed by atoms with van der Waals surface area (Å²) in [5.41, 5.74) is 1.43. The van der Waals surface area contributed by atoms with Gasteiger partial charge in [-0.25, -0.2) is 0 Å². The summed E-state index contributed by atoms with van der Waals surface area (Å²) in [6.45, 7) is 4.40. The van der Waals surface area contributed by atoms with Gasteiger partial charge in [0, 0.05) is 23.8 Å². The lowest BCUT2D eigenvalue weighted by Crippen LogP contribution is -2.41. The van der Waals surface area contributed by atoms with Crippen molar-refractivity contribution in [3.8, 4) is 0 Å². The van der Waals surface area contributed by atoms with Crippen molar-refractivity contribution in [2.24, 2.45) is 0 Å². The minimum atomic E-state index is 0.0367. The summed E-state index contributed by atoms with van der Waals surface area (Å²) < 4.78 is 6.05. The fourth-order valence-corrected chi connectivity index (χ4v) is 1.99. The van der Waals surface area contributed by atoms with Crippen LogP contribution >= 0.6 is 15.9 Å². The number of ether oxygens (including phenoxy) is 1. The van der Waals surface area contributed by atoms with Crippen LogP contribution in [-0.2, 0) is 4.74 Å². The summed E-state index contributed by atoms with van der Waals surface area (Å²) in [5.74, 6) is 0.0367. The van der Waals surface area contributed by atoms with Crippen molar-refractivity contribution < 1.29 is 9.53 Å². The molecule has 1 aromatic heterocycles. The van der Waals surface area contributed by atoms with Gasteiger partial charge in [0.05, 0.1) is 24.5 Å². The number of halogens is 1. The molecule has 1 aliphatic heterocycles. The van der Waals surface area contributed by atoms with E-state index in [1.807, 2.05) is 13.0 Å². The monoisotopic (exact) mass is 284 g/mol. The highest BCUT2D eigenvalue weighted by Gasteiger charge is 2.20. The van der Waals surface area contributed by atoms with Crippen molar-refractivity contribution in [3.63, 3.8) is 0 Å². The molecule has 2 rings (SSSR count). The Morgan fingerprint density at radius 3 is 2.88 bits per heavy atom. The normalized spacial score (nSPS) is 16.2. The lowest BCUT2D eigenvalue weighted by Gasteiger charge is -2.27. The number of aromatic nitrogens is 1. The quantitative estimate of drug-likeness (QED) is 0.787. The van der Waals surface area contributed by atoms with E-state index >= 15 is 0 Å². The van der Waals surface area contributed by atoms with E-state index in [-0.39, 0.29) is 5.91 Å². The van der Waals surface area contributed by atoms with Gasteiger partial charge in [-0.3, -0.25) is 9.78 Å². The minimum Gasteiger partial charge on any atom is -0.378 e. The lowest BCUT2D eigenvalue weighted by molar-refractivity contribution is 0.0302. The summed E-state index contributed by atoms with van der Waals surface area (Å²) in [5, 5.41) is 0. The Bertz CT molecular complexity index is 403. The minimum absolute atomic E-state index is 0.0367. The molecule has 5 heteroatoms. The maximum atomic E-state index is 12.2. The summed E-state index contributed by atoms with van der Waals surface area (Å²) in [7, 11) is 0.